The summed E-state index contributed by atoms with van der Waals surface area (Å²) in [5.41, 5.74) is 0. The number of nitrogens with zero attached hydrogens (tertiary/aromatic N) is 3. The monoisotopic (exact) mass is 251 g/mol. The van der Waals surface area contributed by atoms with Crippen LogP contribution in [-0.2, 0) is 16.1 Å². The van der Waals surface area contributed by atoms with E-state index in [4.69, 9.17) is 4.74 Å². The summed E-state index contributed by atoms with van der Waals surface area (Å²) in [5.74, 6) is 0.915. The van der Waals surface area contributed by atoms with Crippen LogP contribution < -0.4 is 0 Å². The fourth-order valence-electron chi connectivity index (χ4n) is 2.54. The van der Waals surface area contributed by atoms with Gasteiger partial charge >= 0.3 is 5.97 Å². The van der Waals surface area contributed by atoms with Gasteiger partial charge in [-0.2, -0.15) is 0 Å². The van der Waals surface area contributed by atoms with Gasteiger partial charge in [0.1, 0.15) is 11.9 Å². The van der Waals surface area contributed by atoms with Crippen molar-refractivity contribution in [3.8, 4) is 0 Å². The molecule has 0 saturated carbocycles. The predicted octanol–water partition coefficient (Wildman–Crippen LogP) is 1.22. The lowest BCUT2D eigenvalue weighted by molar-refractivity contribution is -0.148. The van der Waals surface area contributed by atoms with Crippen LogP contribution in [0.15, 0.2) is 12.4 Å². The summed E-state index contributed by atoms with van der Waals surface area (Å²) in [5, 5.41) is 0. The number of likely N-dealkylation sites (tertiary alicyclic amines) is 1. The number of hydrogen-bond acceptors (Lipinski definition) is 4. The van der Waals surface area contributed by atoms with E-state index >= 15 is 0 Å². The fourth-order valence-corrected chi connectivity index (χ4v) is 2.54. The Morgan fingerprint density at radius 3 is 3.00 bits per heavy atom. The van der Waals surface area contributed by atoms with E-state index in [2.05, 4.69) is 14.5 Å². The molecule has 1 unspecified atom stereocenters. The quantitative estimate of drug-likeness (QED) is 0.755. The van der Waals surface area contributed by atoms with Crippen LogP contribution in [0.3, 0.4) is 0 Å². The number of rotatable bonds is 4. The molecular weight excluding hydrogens is 230 g/mol. The van der Waals surface area contributed by atoms with E-state index < -0.39 is 0 Å². The SMILES string of the molecule is COC(=O)C1CCCCN1CCn1ccnc1C. The number of carbonyl (C=O) groups excluding carboxylic acids is 1. The maximum absolute atomic E-state index is 11.7. The molecule has 0 amide bonds. The molecule has 1 atom stereocenters. The van der Waals surface area contributed by atoms with Gasteiger partial charge in [0.15, 0.2) is 0 Å². The number of ether oxygens (including phenoxy) is 1. The summed E-state index contributed by atoms with van der Waals surface area (Å²) in [6.45, 7) is 4.72. The van der Waals surface area contributed by atoms with Crippen molar-refractivity contribution in [2.75, 3.05) is 20.2 Å². The molecule has 0 bridgehead atoms. The first kappa shape index (κ1) is 13.1. The van der Waals surface area contributed by atoms with Crippen molar-refractivity contribution in [1.82, 2.24) is 14.5 Å². The second-order valence-corrected chi connectivity index (χ2v) is 4.74. The van der Waals surface area contributed by atoms with Gasteiger partial charge in [-0.1, -0.05) is 6.42 Å². The summed E-state index contributed by atoms with van der Waals surface area (Å²) in [6.07, 6.45) is 6.97. The highest BCUT2D eigenvalue weighted by molar-refractivity contribution is 5.75. The Morgan fingerprint density at radius 1 is 1.50 bits per heavy atom. The van der Waals surface area contributed by atoms with Crippen LogP contribution in [0.1, 0.15) is 25.1 Å². The molecule has 5 nitrogen and oxygen atoms in total. The highest BCUT2D eigenvalue weighted by Gasteiger charge is 2.28. The Morgan fingerprint density at radius 2 is 2.33 bits per heavy atom. The topological polar surface area (TPSA) is 47.4 Å². The van der Waals surface area contributed by atoms with Gasteiger partial charge < -0.3 is 9.30 Å². The molecule has 1 aliphatic heterocycles. The molecule has 1 saturated heterocycles. The zero-order valence-corrected chi connectivity index (χ0v) is 11.1. The van der Waals surface area contributed by atoms with Gasteiger partial charge in [0.05, 0.1) is 7.11 Å². The number of aromatic nitrogens is 2. The molecule has 2 heterocycles. The zero-order valence-electron chi connectivity index (χ0n) is 11.1. The summed E-state index contributed by atoms with van der Waals surface area (Å²) < 4.78 is 6.99. The largest absolute Gasteiger partial charge is 0.468 e. The molecule has 2 rings (SSSR count). The molecule has 0 spiro atoms. The van der Waals surface area contributed by atoms with Crippen molar-refractivity contribution in [2.24, 2.45) is 0 Å². The fraction of sp³-hybridized carbons (Fsp3) is 0.692. The van der Waals surface area contributed by atoms with E-state index in [0.29, 0.717) is 0 Å². The number of carbonyl (C=O) groups is 1. The highest BCUT2D eigenvalue weighted by atomic mass is 16.5. The molecule has 1 aromatic rings. The lowest BCUT2D eigenvalue weighted by atomic mass is 10.0. The summed E-state index contributed by atoms with van der Waals surface area (Å²) in [7, 11) is 1.47. The minimum atomic E-state index is -0.1000. The maximum atomic E-state index is 11.7. The zero-order chi connectivity index (χ0) is 13.0. The first-order chi connectivity index (χ1) is 8.72. The Kier molecular flexibility index (Phi) is 4.36. The van der Waals surface area contributed by atoms with Crippen molar-refractivity contribution in [1.29, 1.82) is 0 Å². The van der Waals surface area contributed by atoms with Crippen molar-refractivity contribution < 1.29 is 9.53 Å². The minimum Gasteiger partial charge on any atom is -0.468 e. The summed E-state index contributed by atoms with van der Waals surface area (Å²) >= 11 is 0. The lowest BCUT2D eigenvalue weighted by Crippen LogP contribution is -2.46. The van der Waals surface area contributed by atoms with Crippen LogP contribution in [-0.4, -0.2) is 46.7 Å². The Labute approximate surface area is 108 Å². The van der Waals surface area contributed by atoms with Crippen molar-refractivity contribution >= 4 is 5.97 Å². The van der Waals surface area contributed by atoms with E-state index in [1.165, 1.54) is 7.11 Å². The maximum Gasteiger partial charge on any atom is 0.323 e. The predicted molar refractivity (Wildman–Crippen MR) is 68.2 cm³/mol. The minimum absolute atomic E-state index is 0.0624. The molecule has 100 valence electrons. The smallest absolute Gasteiger partial charge is 0.323 e. The lowest BCUT2D eigenvalue weighted by Gasteiger charge is -2.33. The third-order valence-electron chi connectivity index (χ3n) is 3.64. The Bertz CT molecular complexity index is 403. The average Bonchev–Trinajstić information content (AvgIpc) is 2.81. The van der Waals surface area contributed by atoms with Gasteiger partial charge in [-0.15, -0.1) is 0 Å². The second kappa shape index (κ2) is 6.00. The van der Waals surface area contributed by atoms with Gasteiger partial charge in [-0.3, -0.25) is 9.69 Å². The Balaban J connectivity index is 1.93. The molecule has 18 heavy (non-hydrogen) atoms. The molecule has 0 aliphatic carbocycles. The van der Waals surface area contributed by atoms with Gasteiger partial charge in [0, 0.05) is 25.5 Å². The summed E-state index contributed by atoms with van der Waals surface area (Å²) in [4.78, 5) is 18.2. The molecular formula is C13H21N3O2. The van der Waals surface area contributed by atoms with Crippen LogP contribution in [0.2, 0.25) is 0 Å². The van der Waals surface area contributed by atoms with Crippen LogP contribution in [0, 0.1) is 6.92 Å². The van der Waals surface area contributed by atoms with Crippen LogP contribution in [0.5, 0.6) is 0 Å². The third-order valence-corrected chi connectivity index (χ3v) is 3.64. The van der Waals surface area contributed by atoms with Crippen LogP contribution >= 0.6 is 0 Å². The molecule has 5 heteroatoms. The van der Waals surface area contributed by atoms with Crippen molar-refractivity contribution in [3.05, 3.63) is 18.2 Å². The molecule has 0 N–H and O–H groups in total. The third kappa shape index (κ3) is 2.90. The van der Waals surface area contributed by atoms with Crippen LogP contribution in [0.25, 0.3) is 0 Å². The number of aryl methyl sites for hydroxylation is 1. The molecule has 1 aliphatic rings. The van der Waals surface area contributed by atoms with E-state index in [9.17, 15) is 4.79 Å². The standard InChI is InChI=1S/C13H21N3O2/c1-11-14-6-8-15(11)9-10-16-7-4-3-5-12(16)13(17)18-2/h6,8,12H,3-5,7,9-10H2,1-2H3. The number of esters is 1. The second-order valence-electron chi connectivity index (χ2n) is 4.74. The molecule has 1 fully saturated rings. The number of piperidine rings is 1. The van der Waals surface area contributed by atoms with E-state index in [1.807, 2.05) is 19.3 Å². The van der Waals surface area contributed by atoms with E-state index in [1.54, 1.807) is 0 Å². The van der Waals surface area contributed by atoms with Gasteiger partial charge in [0.25, 0.3) is 0 Å². The van der Waals surface area contributed by atoms with Crippen molar-refractivity contribution in [2.45, 2.75) is 38.8 Å². The molecule has 1 aromatic heterocycles. The van der Waals surface area contributed by atoms with Gasteiger partial charge in [0.2, 0.25) is 0 Å². The number of hydrogen-bond donors (Lipinski definition) is 0. The van der Waals surface area contributed by atoms with Gasteiger partial charge in [-0.05, 0) is 26.3 Å². The van der Waals surface area contributed by atoms with E-state index in [0.717, 1.165) is 44.7 Å². The molecule has 0 aromatic carbocycles. The summed E-state index contributed by atoms with van der Waals surface area (Å²) in [6, 6.07) is -0.0624. The number of methoxy groups -OCH3 is 1. The first-order valence-electron chi connectivity index (χ1n) is 6.52. The van der Waals surface area contributed by atoms with E-state index in [-0.39, 0.29) is 12.0 Å². The normalized spacial score (nSPS) is 20.9. The van der Waals surface area contributed by atoms with Crippen molar-refractivity contribution in [3.63, 3.8) is 0 Å². The van der Waals surface area contributed by atoms with Crippen LogP contribution in [0.4, 0.5) is 0 Å². The number of imidazole rings is 1. The first-order valence-corrected chi connectivity index (χ1v) is 6.52. The average molecular weight is 251 g/mol. The molecule has 0 radical (unpaired) electrons. The highest BCUT2D eigenvalue weighted by Crippen LogP contribution is 2.18. The van der Waals surface area contributed by atoms with Gasteiger partial charge in [-0.25, -0.2) is 4.98 Å². The Hall–Kier alpha value is -1.36.